The van der Waals surface area contributed by atoms with Crippen LogP contribution in [0.5, 0.6) is 5.75 Å². The first-order valence-electron chi connectivity index (χ1n) is 6.77. The van der Waals surface area contributed by atoms with Crippen molar-refractivity contribution in [2.24, 2.45) is 5.92 Å². The maximum atomic E-state index is 12.4. The molecule has 0 radical (unpaired) electrons. The molecule has 0 bridgehead atoms. The summed E-state index contributed by atoms with van der Waals surface area (Å²) in [5, 5.41) is 0. The second-order valence-corrected chi connectivity index (χ2v) is 5.04. The number of nitrogens with zero attached hydrogens (tertiary/aromatic N) is 1. The van der Waals surface area contributed by atoms with Crippen molar-refractivity contribution in [2.75, 3.05) is 26.8 Å². The standard InChI is InChI=1S/C15H21F2NO3/c1-11(2)10-18(8-9-20-3)14(19)12-4-6-13(7-5-12)21-15(16)17/h4-7,11,15H,8-10H2,1-3H3. The quantitative estimate of drug-likeness (QED) is 0.741. The molecule has 118 valence electrons. The predicted octanol–water partition coefficient (Wildman–Crippen LogP) is 3.03. The van der Waals surface area contributed by atoms with Crippen molar-refractivity contribution in [1.29, 1.82) is 0 Å². The third-order valence-electron chi connectivity index (χ3n) is 2.76. The van der Waals surface area contributed by atoms with Crippen LogP contribution in [-0.4, -0.2) is 44.2 Å². The number of hydrogen-bond donors (Lipinski definition) is 0. The third kappa shape index (κ3) is 6.08. The Bertz CT molecular complexity index is 435. The Morgan fingerprint density at radius 2 is 1.86 bits per heavy atom. The van der Waals surface area contributed by atoms with E-state index in [0.29, 0.717) is 31.2 Å². The summed E-state index contributed by atoms with van der Waals surface area (Å²) in [6.07, 6.45) is 0. The van der Waals surface area contributed by atoms with Crippen LogP contribution in [0.3, 0.4) is 0 Å². The molecule has 1 amide bonds. The van der Waals surface area contributed by atoms with Crippen LogP contribution in [0.25, 0.3) is 0 Å². The van der Waals surface area contributed by atoms with Crippen molar-refractivity contribution < 1.29 is 23.0 Å². The number of hydrogen-bond acceptors (Lipinski definition) is 3. The lowest BCUT2D eigenvalue weighted by molar-refractivity contribution is -0.0498. The highest BCUT2D eigenvalue weighted by molar-refractivity contribution is 5.94. The molecular formula is C15H21F2NO3. The van der Waals surface area contributed by atoms with Crippen molar-refractivity contribution in [3.05, 3.63) is 29.8 Å². The predicted molar refractivity (Wildman–Crippen MR) is 75.7 cm³/mol. The van der Waals surface area contributed by atoms with Crippen LogP contribution in [0.2, 0.25) is 0 Å². The molecule has 0 aliphatic heterocycles. The summed E-state index contributed by atoms with van der Waals surface area (Å²) < 4.78 is 33.4. The highest BCUT2D eigenvalue weighted by atomic mass is 19.3. The first-order chi connectivity index (χ1) is 9.93. The van der Waals surface area contributed by atoms with Crippen LogP contribution in [0.15, 0.2) is 24.3 Å². The van der Waals surface area contributed by atoms with Crippen LogP contribution in [0.1, 0.15) is 24.2 Å². The molecule has 1 aromatic rings. The Morgan fingerprint density at radius 1 is 1.24 bits per heavy atom. The molecule has 0 saturated heterocycles. The van der Waals surface area contributed by atoms with Gasteiger partial charge in [-0.15, -0.1) is 0 Å². The molecule has 0 N–H and O–H groups in total. The zero-order valence-electron chi connectivity index (χ0n) is 12.5. The second-order valence-electron chi connectivity index (χ2n) is 5.04. The highest BCUT2D eigenvalue weighted by Gasteiger charge is 2.17. The van der Waals surface area contributed by atoms with Crippen LogP contribution in [0.4, 0.5) is 8.78 Å². The van der Waals surface area contributed by atoms with Gasteiger partial charge in [-0.3, -0.25) is 4.79 Å². The van der Waals surface area contributed by atoms with Crippen LogP contribution in [0, 0.1) is 5.92 Å². The van der Waals surface area contributed by atoms with Crippen molar-refractivity contribution in [3.8, 4) is 5.75 Å². The SMILES string of the molecule is COCCN(CC(C)C)C(=O)c1ccc(OC(F)F)cc1. The van der Waals surface area contributed by atoms with E-state index in [9.17, 15) is 13.6 Å². The van der Waals surface area contributed by atoms with Gasteiger partial charge in [0, 0.05) is 25.8 Å². The number of alkyl halides is 2. The largest absolute Gasteiger partial charge is 0.435 e. The molecule has 0 heterocycles. The number of benzene rings is 1. The van der Waals surface area contributed by atoms with E-state index in [1.807, 2.05) is 13.8 Å². The molecule has 21 heavy (non-hydrogen) atoms. The van der Waals surface area contributed by atoms with Gasteiger partial charge in [0.05, 0.1) is 6.61 Å². The van der Waals surface area contributed by atoms with E-state index >= 15 is 0 Å². The van der Waals surface area contributed by atoms with Crippen molar-refractivity contribution >= 4 is 5.91 Å². The molecule has 0 aliphatic rings. The maximum Gasteiger partial charge on any atom is 0.387 e. The molecule has 0 saturated carbocycles. The lowest BCUT2D eigenvalue weighted by Gasteiger charge is -2.24. The fourth-order valence-electron chi connectivity index (χ4n) is 1.88. The van der Waals surface area contributed by atoms with E-state index < -0.39 is 6.61 Å². The van der Waals surface area contributed by atoms with E-state index in [1.165, 1.54) is 24.3 Å². The van der Waals surface area contributed by atoms with Gasteiger partial charge in [-0.2, -0.15) is 8.78 Å². The van der Waals surface area contributed by atoms with Crippen LogP contribution >= 0.6 is 0 Å². The van der Waals surface area contributed by atoms with Gasteiger partial charge in [-0.1, -0.05) is 13.8 Å². The van der Waals surface area contributed by atoms with Gasteiger partial charge < -0.3 is 14.4 Å². The first-order valence-corrected chi connectivity index (χ1v) is 6.77. The average Bonchev–Trinajstić information content (AvgIpc) is 2.42. The Kier molecular flexibility index (Phi) is 7.08. The topological polar surface area (TPSA) is 38.8 Å². The molecule has 0 atom stereocenters. The molecule has 1 rings (SSSR count). The molecule has 0 spiro atoms. The van der Waals surface area contributed by atoms with Crippen LogP contribution < -0.4 is 4.74 Å². The lowest BCUT2D eigenvalue weighted by Crippen LogP contribution is -2.36. The Morgan fingerprint density at radius 3 is 2.33 bits per heavy atom. The number of carbonyl (C=O) groups excluding carboxylic acids is 1. The van der Waals surface area contributed by atoms with E-state index in [-0.39, 0.29) is 11.7 Å². The molecule has 0 aliphatic carbocycles. The normalized spacial score (nSPS) is 11.0. The smallest absolute Gasteiger partial charge is 0.387 e. The minimum atomic E-state index is -2.87. The van der Waals surface area contributed by atoms with Crippen LogP contribution in [-0.2, 0) is 4.74 Å². The van der Waals surface area contributed by atoms with Gasteiger partial charge in [0.1, 0.15) is 5.75 Å². The fraction of sp³-hybridized carbons (Fsp3) is 0.533. The molecule has 0 unspecified atom stereocenters. The second kappa shape index (κ2) is 8.56. The lowest BCUT2D eigenvalue weighted by atomic mass is 10.1. The van der Waals surface area contributed by atoms with Crippen molar-refractivity contribution in [3.63, 3.8) is 0 Å². The minimum Gasteiger partial charge on any atom is -0.435 e. The van der Waals surface area contributed by atoms with Gasteiger partial charge >= 0.3 is 6.61 Å². The van der Waals surface area contributed by atoms with Crippen molar-refractivity contribution in [1.82, 2.24) is 4.90 Å². The summed E-state index contributed by atoms with van der Waals surface area (Å²) in [5.41, 5.74) is 0.438. The summed E-state index contributed by atoms with van der Waals surface area (Å²) in [4.78, 5) is 14.1. The summed E-state index contributed by atoms with van der Waals surface area (Å²) in [6, 6.07) is 5.70. The zero-order chi connectivity index (χ0) is 15.8. The van der Waals surface area contributed by atoms with E-state index in [4.69, 9.17) is 4.74 Å². The fourth-order valence-corrected chi connectivity index (χ4v) is 1.88. The third-order valence-corrected chi connectivity index (χ3v) is 2.76. The Balaban J connectivity index is 2.77. The summed E-state index contributed by atoms with van der Waals surface area (Å²) in [6.45, 7) is 2.72. The van der Waals surface area contributed by atoms with Gasteiger partial charge in [0.15, 0.2) is 0 Å². The molecule has 0 aromatic heterocycles. The molecule has 0 fully saturated rings. The monoisotopic (exact) mass is 301 g/mol. The van der Waals surface area contributed by atoms with Crippen molar-refractivity contribution in [2.45, 2.75) is 20.5 Å². The van der Waals surface area contributed by atoms with Gasteiger partial charge in [0.25, 0.3) is 5.91 Å². The van der Waals surface area contributed by atoms with E-state index in [0.717, 1.165) is 0 Å². The maximum absolute atomic E-state index is 12.4. The highest BCUT2D eigenvalue weighted by Crippen LogP contribution is 2.16. The van der Waals surface area contributed by atoms with Gasteiger partial charge in [-0.05, 0) is 30.2 Å². The number of ether oxygens (including phenoxy) is 2. The number of carbonyl (C=O) groups is 1. The number of amides is 1. The number of halogens is 2. The molecule has 4 nitrogen and oxygen atoms in total. The van der Waals surface area contributed by atoms with E-state index in [2.05, 4.69) is 4.74 Å². The summed E-state index contributed by atoms with van der Waals surface area (Å²) >= 11 is 0. The zero-order valence-corrected chi connectivity index (χ0v) is 12.5. The summed E-state index contributed by atoms with van der Waals surface area (Å²) in [7, 11) is 1.58. The first kappa shape index (κ1) is 17.4. The van der Waals surface area contributed by atoms with E-state index in [1.54, 1.807) is 12.0 Å². The summed E-state index contributed by atoms with van der Waals surface area (Å²) in [5.74, 6) is 0.213. The minimum absolute atomic E-state index is 0.0360. The van der Waals surface area contributed by atoms with Gasteiger partial charge in [-0.25, -0.2) is 0 Å². The number of methoxy groups -OCH3 is 1. The Hall–Kier alpha value is -1.69. The average molecular weight is 301 g/mol. The van der Waals surface area contributed by atoms with Gasteiger partial charge in [0.2, 0.25) is 0 Å². The Labute approximate surface area is 123 Å². The molecule has 1 aromatic carbocycles. The molecular weight excluding hydrogens is 280 g/mol. The molecule has 6 heteroatoms. The number of rotatable bonds is 8.